The Balaban J connectivity index is 1.21. The SMILES string of the molecule is CC(=O)N[C@H]1CCC[C@H](NC(=O)C2=C3NC(=O)N(c4ccc(Oc5ccccc5)cc4C)C4CCNC(S2)C34)C1. The van der Waals surface area contributed by atoms with Gasteiger partial charge in [0.15, 0.2) is 0 Å². The molecule has 40 heavy (non-hydrogen) atoms. The molecule has 9 nitrogen and oxygen atoms in total. The minimum absolute atomic E-state index is 0.00626. The van der Waals surface area contributed by atoms with Crippen LogP contribution in [0, 0.1) is 12.8 Å². The number of piperidine rings is 1. The summed E-state index contributed by atoms with van der Waals surface area (Å²) >= 11 is 1.51. The number of carbonyl (C=O) groups excluding carboxylic acids is 3. The van der Waals surface area contributed by atoms with E-state index in [1.807, 2.05) is 60.4 Å². The van der Waals surface area contributed by atoms with Crippen molar-refractivity contribution in [3.8, 4) is 11.5 Å². The van der Waals surface area contributed by atoms with Crippen LogP contribution in [-0.4, -0.2) is 47.9 Å². The van der Waals surface area contributed by atoms with Crippen molar-refractivity contribution in [2.24, 2.45) is 5.92 Å². The Bertz CT molecular complexity index is 1350. The third kappa shape index (κ3) is 5.30. The van der Waals surface area contributed by atoms with Gasteiger partial charge in [-0.2, -0.15) is 0 Å². The number of hydrogen-bond acceptors (Lipinski definition) is 6. The van der Waals surface area contributed by atoms with E-state index in [2.05, 4.69) is 21.3 Å². The fraction of sp³-hybridized carbons (Fsp3) is 0.433. The third-order valence-corrected chi connectivity index (χ3v) is 9.53. The van der Waals surface area contributed by atoms with Crippen LogP contribution in [0.2, 0.25) is 0 Å². The Hall–Kier alpha value is -3.50. The molecule has 3 aliphatic heterocycles. The van der Waals surface area contributed by atoms with Gasteiger partial charge in [0.1, 0.15) is 11.5 Å². The number of ether oxygens (including phenoxy) is 1. The van der Waals surface area contributed by atoms with Crippen LogP contribution in [0.5, 0.6) is 11.5 Å². The topological polar surface area (TPSA) is 112 Å². The maximum absolute atomic E-state index is 13.6. The number of anilines is 1. The molecule has 5 atom stereocenters. The molecule has 3 heterocycles. The van der Waals surface area contributed by atoms with E-state index < -0.39 is 0 Å². The van der Waals surface area contributed by atoms with Gasteiger partial charge in [-0.15, -0.1) is 0 Å². The number of nitrogens with one attached hydrogen (secondary N) is 4. The van der Waals surface area contributed by atoms with Crippen LogP contribution in [0.15, 0.2) is 59.1 Å². The van der Waals surface area contributed by atoms with Crippen LogP contribution in [0.4, 0.5) is 10.5 Å². The van der Waals surface area contributed by atoms with Gasteiger partial charge in [-0.25, -0.2) is 4.79 Å². The van der Waals surface area contributed by atoms with E-state index in [1.54, 1.807) is 0 Å². The van der Waals surface area contributed by atoms with Gasteiger partial charge in [-0.3, -0.25) is 14.5 Å². The number of rotatable bonds is 6. The van der Waals surface area contributed by atoms with E-state index in [-0.39, 0.29) is 47.3 Å². The van der Waals surface area contributed by atoms with Crippen molar-refractivity contribution in [1.82, 2.24) is 21.3 Å². The molecule has 0 spiro atoms. The fourth-order valence-electron chi connectivity index (χ4n) is 6.48. The lowest BCUT2D eigenvalue weighted by atomic mass is 9.86. The average Bonchev–Trinajstić information content (AvgIpc) is 3.29. The summed E-state index contributed by atoms with van der Waals surface area (Å²) in [5, 5.41) is 12.9. The number of urea groups is 1. The molecule has 10 heteroatoms. The van der Waals surface area contributed by atoms with E-state index in [1.165, 1.54) is 18.7 Å². The molecular formula is C30H35N5O4S. The molecule has 0 aromatic heterocycles. The molecule has 4 amide bonds. The molecule has 210 valence electrons. The van der Waals surface area contributed by atoms with Gasteiger partial charge < -0.3 is 26.0 Å². The number of carbonyl (C=O) groups is 3. The summed E-state index contributed by atoms with van der Waals surface area (Å²) in [5.74, 6) is 1.27. The summed E-state index contributed by atoms with van der Waals surface area (Å²) in [4.78, 5) is 41.1. The summed E-state index contributed by atoms with van der Waals surface area (Å²) in [6, 6.07) is 15.2. The fourth-order valence-corrected chi connectivity index (χ4v) is 7.88. The second kappa shape index (κ2) is 11.2. The maximum atomic E-state index is 13.6. The van der Waals surface area contributed by atoms with Gasteiger partial charge in [-0.1, -0.05) is 30.0 Å². The van der Waals surface area contributed by atoms with E-state index >= 15 is 0 Å². The van der Waals surface area contributed by atoms with Crippen molar-refractivity contribution in [3.05, 3.63) is 64.7 Å². The molecule has 0 radical (unpaired) electrons. The van der Waals surface area contributed by atoms with Crippen molar-refractivity contribution < 1.29 is 19.1 Å². The van der Waals surface area contributed by atoms with Crippen molar-refractivity contribution in [1.29, 1.82) is 0 Å². The first kappa shape index (κ1) is 26.7. The Labute approximate surface area is 238 Å². The van der Waals surface area contributed by atoms with E-state index in [4.69, 9.17) is 4.74 Å². The van der Waals surface area contributed by atoms with Gasteiger partial charge in [0, 0.05) is 36.3 Å². The molecule has 2 saturated heterocycles. The predicted molar refractivity (Wildman–Crippen MR) is 155 cm³/mol. The van der Waals surface area contributed by atoms with Gasteiger partial charge in [0.25, 0.3) is 5.91 Å². The molecule has 2 aromatic rings. The van der Waals surface area contributed by atoms with Crippen molar-refractivity contribution in [3.63, 3.8) is 0 Å². The molecule has 2 aromatic carbocycles. The average molecular weight is 562 g/mol. The van der Waals surface area contributed by atoms with Crippen LogP contribution < -0.4 is 30.9 Å². The van der Waals surface area contributed by atoms with Crippen molar-refractivity contribution in [2.75, 3.05) is 11.4 Å². The van der Waals surface area contributed by atoms with Crippen molar-refractivity contribution >= 4 is 35.3 Å². The summed E-state index contributed by atoms with van der Waals surface area (Å²) < 4.78 is 6.00. The van der Waals surface area contributed by atoms with Crippen LogP contribution in [0.25, 0.3) is 0 Å². The zero-order valence-corrected chi connectivity index (χ0v) is 23.6. The van der Waals surface area contributed by atoms with Crippen LogP contribution >= 0.6 is 11.8 Å². The molecule has 0 bridgehead atoms. The number of para-hydroxylation sites is 1. The molecule has 3 fully saturated rings. The van der Waals surface area contributed by atoms with Crippen LogP contribution in [0.3, 0.4) is 0 Å². The van der Waals surface area contributed by atoms with Crippen molar-refractivity contribution in [2.45, 2.75) is 69.5 Å². The van der Waals surface area contributed by atoms with Crippen LogP contribution in [-0.2, 0) is 9.59 Å². The third-order valence-electron chi connectivity index (χ3n) is 8.17. The van der Waals surface area contributed by atoms with Gasteiger partial charge in [-0.05, 0) is 81.5 Å². The van der Waals surface area contributed by atoms with Crippen LogP contribution in [0.1, 0.15) is 44.6 Å². The Morgan fingerprint density at radius 1 is 1.02 bits per heavy atom. The molecule has 3 unspecified atom stereocenters. The first-order valence-corrected chi connectivity index (χ1v) is 14.9. The van der Waals surface area contributed by atoms with Gasteiger partial charge in [0.05, 0.1) is 16.3 Å². The summed E-state index contributed by atoms with van der Waals surface area (Å²) in [6.07, 6.45) is 4.26. The van der Waals surface area contributed by atoms with Gasteiger partial charge >= 0.3 is 6.03 Å². The maximum Gasteiger partial charge on any atom is 0.326 e. The standard InChI is InChI=1S/C30H35N5O4S/c1-17-15-22(39-21-9-4-3-5-10-21)11-12-23(17)35-24-13-14-31-29-25(24)26(34-30(35)38)27(40-29)28(37)33-20-8-6-7-19(16-20)32-18(2)36/h3-5,9-12,15,19-20,24-25,29,31H,6-8,13-14,16H2,1-2H3,(H,32,36)(H,33,37)(H,34,38)/t19-,20-,24?,25?,29?/m0/s1. The highest BCUT2D eigenvalue weighted by Crippen LogP contribution is 2.48. The smallest absolute Gasteiger partial charge is 0.326 e. The first-order valence-electron chi connectivity index (χ1n) is 14.0. The molecule has 4 N–H and O–H groups in total. The highest BCUT2D eigenvalue weighted by atomic mass is 32.2. The number of nitrogens with zero attached hydrogens (tertiary/aromatic N) is 1. The second-order valence-corrected chi connectivity index (χ2v) is 12.2. The minimum atomic E-state index is -0.215. The lowest BCUT2D eigenvalue weighted by molar-refractivity contribution is -0.119. The summed E-state index contributed by atoms with van der Waals surface area (Å²) in [7, 11) is 0. The monoisotopic (exact) mass is 561 g/mol. The lowest BCUT2D eigenvalue weighted by Crippen LogP contribution is -2.62. The van der Waals surface area contributed by atoms with E-state index in [0.717, 1.165) is 61.3 Å². The Kier molecular flexibility index (Phi) is 7.46. The minimum Gasteiger partial charge on any atom is -0.457 e. The number of amides is 4. The quantitative estimate of drug-likeness (QED) is 0.422. The largest absolute Gasteiger partial charge is 0.457 e. The zero-order valence-electron chi connectivity index (χ0n) is 22.7. The second-order valence-electron chi connectivity index (χ2n) is 11.0. The number of thioether (sulfide) groups is 1. The molecule has 1 saturated carbocycles. The molecule has 1 aliphatic carbocycles. The Morgan fingerprint density at radius 2 is 1.80 bits per heavy atom. The number of aryl methyl sites for hydroxylation is 1. The molecule has 4 aliphatic rings. The summed E-state index contributed by atoms with van der Waals surface area (Å²) in [6.45, 7) is 4.28. The lowest BCUT2D eigenvalue weighted by Gasteiger charge is -2.46. The number of benzene rings is 2. The summed E-state index contributed by atoms with van der Waals surface area (Å²) in [5.41, 5.74) is 2.51. The Morgan fingerprint density at radius 3 is 2.55 bits per heavy atom. The highest BCUT2D eigenvalue weighted by Gasteiger charge is 2.52. The van der Waals surface area contributed by atoms with E-state index in [0.29, 0.717) is 10.7 Å². The molecular weight excluding hydrogens is 526 g/mol. The number of hydrogen-bond donors (Lipinski definition) is 4. The first-order chi connectivity index (χ1) is 19.4. The van der Waals surface area contributed by atoms with Gasteiger partial charge in [0.2, 0.25) is 5.91 Å². The predicted octanol–water partition coefficient (Wildman–Crippen LogP) is 4.14. The normalized spacial score (nSPS) is 27.5. The van der Waals surface area contributed by atoms with E-state index in [9.17, 15) is 14.4 Å². The zero-order chi connectivity index (χ0) is 27.8. The highest BCUT2D eigenvalue weighted by molar-refractivity contribution is 8.04. The molecule has 6 rings (SSSR count).